The smallest absolute Gasteiger partial charge is 0.312 e. The Labute approximate surface area is 122 Å². The van der Waals surface area contributed by atoms with Crippen LogP contribution < -0.4 is 10.6 Å². The number of oxime groups is 1. The van der Waals surface area contributed by atoms with Gasteiger partial charge in [-0.2, -0.15) is 0 Å². The first-order chi connectivity index (χ1) is 9.99. The second-order valence-electron chi connectivity index (χ2n) is 5.20. The highest BCUT2D eigenvalue weighted by Gasteiger charge is 2.35. The van der Waals surface area contributed by atoms with Crippen LogP contribution in [0.5, 0.6) is 0 Å². The highest BCUT2D eigenvalue weighted by atomic mass is 16.6. The van der Waals surface area contributed by atoms with E-state index in [9.17, 15) is 10.1 Å². The summed E-state index contributed by atoms with van der Waals surface area (Å²) in [5.41, 5.74) is 5.58. The quantitative estimate of drug-likeness (QED) is 0.287. The van der Waals surface area contributed by atoms with E-state index in [1.807, 2.05) is 11.8 Å². The summed E-state index contributed by atoms with van der Waals surface area (Å²) in [5.74, 6) is 0.157. The summed E-state index contributed by atoms with van der Waals surface area (Å²) < 4.78 is 0. The van der Waals surface area contributed by atoms with Crippen molar-refractivity contribution in [3.63, 3.8) is 0 Å². The average Bonchev–Trinajstić information content (AvgIpc) is 2.86. The molecule has 0 aliphatic carbocycles. The molecule has 0 spiro atoms. The molecule has 1 aliphatic rings. The molecule has 0 saturated carbocycles. The Bertz CT molecular complexity index is 575. The maximum absolute atomic E-state index is 11.3. The largest absolute Gasteiger partial charge is 0.409 e. The zero-order valence-electron chi connectivity index (χ0n) is 12.1. The van der Waals surface area contributed by atoms with Crippen molar-refractivity contribution in [1.29, 1.82) is 0 Å². The monoisotopic (exact) mass is 293 g/mol. The molecule has 114 valence electrons. The van der Waals surface area contributed by atoms with E-state index in [0.29, 0.717) is 5.82 Å². The number of hydrogen-bond donors (Lipinski definition) is 2. The van der Waals surface area contributed by atoms with Gasteiger partial charge in [0.15, 0.2) is 5.84 Å². The Morgan fingerprint density at radius 3 is 2.95 bits per heavy atom. The molecule has 1 aromatic heterocycles. The average molecular weight is 293 g/mol. The summed E-state index contributed by atoms with van der Waals surface area (Å²) in [7, 11) is 0. The first kappa shape index (κ1) is 15.0. The van der Waals surface area contributed by atoms with E-state index in [1.165, 1.54) is 12.3 Å². The van der Waals surface area contributed by atoms with Crippen molar-refractivity contribution in [2.24, 2.45) is 10.9 Å². The molecule has 1 aromatic rings. The van der Waals surface area contributed by atoms with Crippen LogP contribution in [0.15, 0.2) is 17.4 Å². The van der Waals surface area contributed by atoms with Gasteiger partial charge in [0.25, 0.3) is 0 Å². The van der Waals surface area contributed by atoms with Crippen molar-refractivity contribution in [1.82, 2.24) is 4.98 Å². The van der Waals surface area contributed by atoms with Crippen LogP contribution in [0.25, 0.3) is 0 Å². The van der Waals surface area contributed by atoms with E-state index in [1.54, 1.807) is 0 Å². The lowest BCUT2D eigenvalue weighted by atomic mass is 10.1. The SMILES string of the molecule is CCC1CCC(C)N1c1ncc(C(N)=NO)cc1[N+](=O)[O-]. The lowest BCUT2D eigenvalue weighted by Crippen LogP contribution is -2.35. The maximum Gasteiger partial charge on any atom is 0.312 e. The Balaban J connectivity index is 2.50. The maximum atomic E-state index is 11.3. The van der Waals surface area contributed by atoms with Gasteiger partial charge in [0.05, 0.1) is 4.92 Å². The minimum Gasteiger partial charge on any atom is -0.409 e. The number of aromatic nitrogens is 1. The fourth-order valence-electron chi connectivity index (χ4n) is 2.83. The van der Waals surface area contributed by atoms with Crippen LogP contribution in [0.3, 0.4) is 0 Å². The lowest BCUT2D eigenvalue weighted by Gasteiger charge is -2.28. The molecule has 3 N–H and O–H groups in total. The van der Waals surface area contributed by atoms with Gasteiger partial charge in [-0.25, -0.2) is 4.98 Å². The Hall–Kier alpha value is -2.38. The van der Waals surface area contributed by atoms with Crippen molar-refractivity contribution in [3.8, 4) is 0 Å². The van der Waals surface area contributed by atoms with Crippen LogP contribution >= 0.6 is 0 Å². The van der Waals surface area contributed by atoms with Crippen LogP contribution in [0.2, 0.25) is 0 Å². The molecular formula is C13H19N5O3. The normalized spacial score (nSPS) is 22.6. The van der Waals surface area contributed by atoms with E-state index in [0.717, 1.165) is 19.3 Å². The molecule has 1 fully saturated rings. The van der Waals surface area contributed by atoms with Gasteiger partial charge in [0.1, 0.15) is 0 Å². The minimum atomic E-state index is -0.478. The number of rotatable bonds is 4. The van der Waals surface area contributed by atoms with E-state index < -0.39 is 4.92 Å². The van der Waals surface area contributed by atoms with Crippen molar-refractivity contribution >= 4 is 17.3 Å². The molecule has 2 atom stereocenters. The molecule has 0 aromatic carbocycles. The number of pyridine rings is 1. The van der Waals surface area contributed by atoms with Crippen molar-refractivity contribution < 1.29 is 10.1 Å². The van der Waals surface area contributed by atoms with E-state index >= 15 is 0 Å². The van der Waals surface area contributed by atoms with Gasteiger partial charge in [-0.15, -0.1) is 0 Å². The molecule has 2 heterocycles. The highest BCUT2D eigenvalue weighted by molar-refractivity contribution is 5.97. The number of nitrogens with zero attached hydrogens (tertiary/aromatic N) is 4. The number of amidine groups is 1. The molecule has 0 amide bonds. The van der Waals surface area contributed by atoms with Gasteiger partial charge in [-0.1, -0.05) is 12.1 Å². The van der Waals surface area contributed by atoms with Crippen LogP contribution in [-0.4, -0.2) is 33.0 Å². The molecule has 1 aliphatic heterocycles. The zero-order valence-corrected chi connectivity index (χ0v) is 12.1. The number of hydrogen-bond acceptors (Lipinski definition) is 6. The summed E-state index contributed by atoms with van der Waals surface area (Å²) in [6.45, 7) is 4.10. The molecule has 1 saturated heterocycles. The van der Waals surface area contributed by atoms with Crippen LogP contribution in [0.1, 0.15) is 38.7 Å². The standard InChI is InChI=1S/C13H19N5O3/c1-3-10-5-4-8(2)17(10)13-11(18(20)21)6-9(7-15-13)12(14)16-19/h6-8,10,19H,3-5H2,1-2H3,(H2,14,16). The Morgan fingerprint density at radius 2 is 2.38 bits per heavy atom. The minimum absolute atomic E-state index is 0.119. The predicted molar refractivity (Wildman–Crippen MR) is 78.7 cm³/mol. The number of nitro groups is 1. The molecule has 2 rings (SSSR count). The van der Waals surface area contributed by atoms with Gasteiger partial charge in [-0.05, 0) is 26.2 Å². The summed E-state index contributed by atoms with van der Waals surface area (Å²) >= 11 is 0. The van der Waals surface area contributed by atoms with Crippen molar-refractivity contribution in [2.75, 3.05) is 4.90 Å². The van der Waals surface area contributed by atoms with Crippen molar-refractivity contribution in [3.05, 3.63) is 27.9 Å². The summed E-state index contributed by atoms with van der Waals surface area (Å²) in [5, 5.41) is 22.9. The van der Waals surface area contributed by atoms with E-state index in [-0.39, 0.29) is 29.2 Å². The fraction of sp³-hybridized carbons (Fsp3) is 0.538. The first-order valence-corrected chi connectivity index (χ1v) is 6.90. The van der Waals surface area contributed by atoms with Crippen LogP contribution in [-0.2, 0) is 0 Å². The molecular weight excluding hydrogens is 274 g/mol. The molecule has 0 bridgehead atoms. The van der Waals surface area contributed by atoms with Gasteiger partial charge in [0.2, 0.25) is 5.82 Å². The highest BCUT2D eigenvalue weighted by Crippen LogP contribution is 2.36. The third-order valence-electron chi connectivity index (χ3n) is 3.95. The summed E-state index contributed by atoms with van der Waals surface area (Å²) in [4.78, 5) is 17.1. The molecule has 0 radical (unpaired) electrons. The zero-order chi connectivity index (χ0) is 15.6. The molecule has 21 heavy (non-hydrogen) atoms. The number of nitrogens with two attached hydrogens (primary N) is 1. The second-order valence-corrected chi connectivity index (χ2v) is 5.20. The summed E-state index contributed by atoms with van der Waals surface area (Å²) in [6, 6.07) is 1.76. The van der Waals surface area contributed by atoms with E-state index in [4.69, 9.17) is 10.9 Å². The predicted octanol–water partition coefficient (Wildman–Crippen LogP) is 1.85. The van der Waals surface area contributed by atoms with Gasteiger partial charge in [0, 0.05) is 29.9 Å². The van der Waals surface area contributed by atoms with Gasteiger partial charge >= 0.3 is 5.69 Å². The Kier molecular flexibility index (Phi) is 4.25. The molecule has 2 unspecified atom stereocenters. The molecule has 8 nitrogen and oxygen atoms in total. The van der Waals surface area contributed by atoms with Gasteiger partial charge < -0.3 is 15.8 Å². The Morgan fingerprint density at radius 1 is 1.67 bits per heavy atom. The topological polar surface area (TPSA) is 118 Å². The second kappa shape index (κ2) is 5.94. The molecule has 8 heteroatoms. The van der Waals surface area contributed by atoms with Gasteiger partial charge in [-0.3, -0.25) is 10.1 Å². The summed E-state index contributed by atoms with van der Waals surface area (Å²) in [6.07, 6.45) is 4.29. The third kappa shape index (κ3) is 2.74. The first-order valence-electron chi connectivity index (χ1n) is 6.90. The third-order valence-corrected chi connectivity index (χ3v) is 3.95. The van der Waals surface area contributed by atoms with E-state index in [2.05, 4.69) is 17.1 Å². The fourth-order valence-corrected chi connectivity index (χ4v) is 2.83. The van der Waals surface area contributed by atoms with Crippen LogP contribution in [0, 0.1) is 10.1 Å². The lowest BCUT2D eigenvalue weighted by molar-refractivity contribution is -0.384. The van der Waals surface area contributed by atoms with Crippen molar-refractivity contribution in [2.45, 2.75) is 45.2 Å². The van der Waals surface area contributed by atoms with Crippen LogP contribution in [0.4, 0.5) is 11.5 Å². The number of anilines is 1.